The number of carbonyl (C=O) groups excluding carboxylic acids is 2. The highest BCUT2D eigenvalue weighted by Crippen LogP contribution is 2.40. The minimum absolute atomic E-state index is 0.288. The Balaban J connectivity index is 2.56. The maximum atomic E-state index is 14.4. The lowest BCUT2D eigenvalue weighted by Gasteiger charge is -2.24. The van der Waals surface area contributed by atoms with Gasteiger partial charge in [0.05, 0.1) is 6.04 Å². The van der Waals surface area contributed by atoms with E-state index in [0.29, 0.717) is 22.9 Å². The van der Waals surface area contributed by atoms with Crippen molar-refractivity contribution in [3.8, 4) is 0 Å². The smallest absolute Gasteiger partial charge is 0.335 e. The Morgan fingerprint density at radius 3 is 1.86 bits per heavy atom. The summed E-state index contributed by atoms with van der Waals surface area (Å²) < 4.78 is 14.4. The summed E-state index contributed by atoms with van der Waals surface area (Å²) in [5.41, 5.74) is 9.72. The van der Waals surface area contributed by atoms with Crippen LogP contribution in [0.5, 0.6) is 0 Å². The maximum Gasteiger partial charge on any atom is 0.335 e. The summed E-state index contributed by atoms with van der Waals surface area (Å²) >= 11 is 0. The molecule has 0 spiro atoms. The van der Waals surface area contributed by atoms with E-state index in [9.17, 15) is 14.1 Å². The van der Waals surface area contributed by atoms with E-state index in [1.165, 1.54) is 0 Å². The molecule has 1 saturated carbocycles. The van der Waals surface area contributed by atoms with Crippen LogP contribution in [0.25, 0.3) is 0 Å². The molecule has 0 atom stereocenters. The number of nitrogens with two attached hydrogens (primary N) is 4. The van der Waals surface area contributed by atoms with E-state index in [1.807, 2.05) is 0 Å². The van der Waals surface area contributed by atoms with Gasteiger partial charge in [-0.15, -0.1) is 0 Å². The highest BCUT2D eigenvalue weighted by atomic mass is 19.2. The van der Waals surface area contributed by atoms with Gasteiger partial charge in [0.1, 0.15) is 6.33 Å². The average Bonchev–Trinajstić information content (AvgIpc) is 3.28. The molecule has 1 aliphatic rings. The van der Waals surface area contributed by atoms with Gasteiger partial charge in [0.15, 0.2) is 17.3 Å². The van der Waals surface area contributed by atoms with E-state index in [1.54, 1.807) is 0 Å². The molecule has 1 aliphatic carbocycles. The minimum Gasteiger partial charge on any atom is -0.350 e. The van der Waals surface area contributed by atoms with E-state index >= 15 is 0 Å². The van der Waals surface area contributed by atoms with Crippen molar-refractivity contribution in [2.24, 2.45) is 23.2 Å². The Bertz CT molecular complexity index is 540. The van der Waals surface area contributed by atoms with Crippen LogP contribution in [0.15, 0.2) is 6.33 Å². The lowest BCUT2D eigenvalue weighted by molar-refractivity contribution is 0.253. The molecule has 0 bridgehead atoms. The predicted molar refractivity (Wildman–Crippen MR) is 71.1 cm³/mol. The first-order chi connectivity index (χ1) is 9.84. The molecule has 0 unspecified atom stereocenters. The van der Waals surface area contributed by atoms with Crippen molar-refractivity contribution in [3.05, 3.63) is 6.33 Å². The van der Waals surface area contributed by atoms with Crippen molar-refractivity contribution in [1.82, 2.24) is 9.97 Å². The summed E-state index contributed by atoms with van der Waals surface area (Å²) in [6.45, 7) is 0. The second kappa shape index (κ2) is 5.34. The first-order valence-corrected chi connectivity index (χ1v) is 5.83. The number of nitrogens with zero attached hydrogens (tertiary/aromatic N) is 5. The molecule has 0 saturated heterocycles. The molecule has 8 N–H and O–H groups in total. The molecule has 4 amide bonds. The van der Waals surface area contributed by atoms with Crippen molar-refractivity contribution in [3.63, 3.8) is 0 Å². The molecule has 1 aromatic heterocycles. The van der Waals surface area contributed by atoms with E-state index in [-0.39, 0.29) is 22.4 Å². The molecule has 114 valence electrons. The standard InChI is InChI=1S/C9H14FN9O2/c10-17(4-1-2-4)5-6(18(13)8(11)20)15-3-16-7(5)19(14)9(12)21/h3-4H,1-2,13-14H2,(H2,11,20)(H2,12,21). The zero-order valence-corrected chi connectivity index (χ0v) is 10.8. The summed E-state index contributed by atoms with van der Waals surface area (Å²) in [5.74, 6) is 10.2. The number of hydrogen-bond acceptors (Lipinski definition) is 7. The van der Waals surface area contributed by atoms with Gasteiger partial charge in [0.2, 0.25) is 0 Å². The van der Waals surface area contributed by atoms with Crippen LogP contribution < -0.4 is 38.3 Å². The molecule has 12 heteroatoms. The van der Waals surface area contributed by atoms with Gasteiger partial charge < -0.3 is 11.5 Å². The number of carbonyl (C=O) groups is 2. The van der Waals surface area contributed by atoms with E-state index in [0.717, 1.165) is 6.33 Å². The molecule has 1 aromatic rings. The zero-order chi connectivity index (χ0) is 15.7. The van der Waals surface area contributed by atoms with E-state index in [2.05, 4.69) is 9.97 Å². The van der Waals surface area contributed by atoms with Crippen molar-refractivity contribution in [1.29, 1.82) is 0 Å². The quantitative estimate of drug-likeness (QED) is 0.235. The number of anilines is 3. The minimum atomic E-state index is -1.08. The van der Waals surface area contributed by atoms with Crippen LogP contribution in [0.3, 0.4) is 0 Å². The van der Waals surface area contributed by atoms with Crippen molar-refractivity contribution >= 4 is 29.4 Å². The van der Waals surface area contributed by atoms with Gasteiger partial charge in [-0.05, 0) is 12.8 Å². The monoisotopic (exact) mass is 299 g/mol. The number of aromatic nitrogens is 2. The maximum absolute atomic E-state index is 14.4. The van der Waals surface area contributed by atoms with E-state index < -0.39 is 18.1 Å². The summed E-state index contributed by atoms with van der Waals surface area (Å²) in [6, 6.07) is -2.60. The molecule has 1 fully saturated rings. The number of halogens is 1. The largest absolute Gasteiger partial charge is 0.350 e. The molecule has 11 nitrogen and oxygen atoms in total. The Hall–Kier alpha value is -2.73. The number of amides is 4. The molecule has 21 heavy (non-hydrogen) atoms. The summed E-state index contributed by atoms with van der Waals surface area (Å²) in [6.07, 6.45) is 2.10. The van der Waals surface area contributed by atoms with Crippen LogP contribution in [0.2, 0.25) is 0 Å². The van der Waals surface area contributed by atoms with E-state index in [4.69, 9.17) is 23.2 Å². The van der Waals surface area contributed by atoms with Crippen molar-refractivity contribution in [2.75, 3.05) is 15.1 Å². The van der Waals surface area contributed by atoms with Gasteiger partial charge in [-0.1, -0.05) is 4.48 Å². The van der Waals surface area contributed by atoms with Gasteiger partial charge in [0, 0.05) is 0 Å². The van der Waals surface area contributed by atoms with Gasteiger partial charge in [-0.25, -0.2) is 46.4 Å². The second-order valence-corrected chi connectivity index (χ2v) is 4.33. The zero-order valence-electron chi connectivity index (χ0n) is 10.8. The van der Waals surface area contributed by atoms with Crippen LogP contribution in [0.1, 0.15) is 12.8 Å². The number of primary amides is 2. The topological polar surface area (TPSA) is 174 Å². The number of rotatable bonds is 4. The molecular weight excluding hydrogens is 285 g/mol. The third-order valence-corrected chi connectivity index (χ3v) is 2.80. The van der Waals surface area contributed by atoms with Crippen LogP contribution in [0.4, 0.5) is 31.4 Å². The summed E-state index contributed by atoms with van der Waals surface area (Å²) in [4.78, 5) is 29.7. The van der Waals surface area contributed by atoms with Gasteiger partial charge in [-0.3, -0.25) is 0 Å². The number of hydrazine groups is 2. The second-order valence-electron chi connectivity index (χ2n) is 4.33. The third kappa shape index (κ3) is 2.75. The highest BCUT2D eigenvalue weighted by Gasteiger charge is 2.36. The molecule has 0 aromatic carbocycles. The third-order valence-electron chi connectivity index (χ3n) is 2.80. The molecular formula is C9H14FN9O2. The van der Waals surface area contributed by atoms with Crippen LogP contribution in [0, 0.1) is 0 Å². The Kier molecular flexibility index (Phi) is 3.73. The Morgan fingerprint density at radius 2 is 1.52 bits per heavy atom. The van der Waals surface area contributed by atoms with Crippen LogP contribution in [-0.2, 0) is 0 Å². The van der Waals surface area contributed by atoms with Crippen molar-refractivity contribution < 1.29 is 14.1 Å². The molecule has 0 aliphatic heterocycles. The Labute approximate surface area is 118 Å². The fraction of sp³-hybridized carbons (Fsp3) is 0.333. The lowest BCUT2D eigenvalue weighted by atomic mass is 10.3. The van der Waals surface area contributed by atoms with Gasteiger partial charge in [-0.2, -0.15) is 0 Å². The van der Waals surface area contributed by atoms with Crippen LogP contribution in [-0.4, -0.2) is 28.1 Å². The predicted octanol–water partition coefficient (Wildman–Crippen LogP) is -1.15. The molecule has 1 heterocycles. The highest BCUT2D eigenvalue weighted by molar-refractivity contribution is 5.98. The fourth-order valence-electron chi connectivity index (χ4n) is 1.60. The average molecular weight is 299 g/mol. The fourth-order valence-corrected chi connectivity index (χ4v) is 1.60. The number of hydrogen-bond donors (Lipinski definition) is 4. The SMILES string of the molecule is NC(=O)N(N)c1ncnc(N(N)C(N)=O)c1N(F)C1CC1. The normalized spacial score (nSPS) is 13.7. The lowest BCUT2D eigenvalue weighted by Crippen LogP contribution is -2.45. The van der Waals surface area contributed by atoms with Gasteiger partial charge in [0.25, 0.3) is 0 Å². The first-order valence-electron chi connectivity index (χ1n) is 5.83. The molecule has 0 radical (unpaired) electrons. The first kappa shape index (κ1) is 14.7. The Morgan fingerprint density at radius 1 is 1.10 bits per heavy atom. The molecule has 2 rings (SSSR count). The summed E-state index contributed by atoms with van der Waals surface area (Å²) in [5, 5.41) is 1.13. The van der Waals surface area contributed by atoms with Crippen LogP contribution >= 0.6 is 0 Å². The van der Waals surface area contributed by atoms with Gasteiger partial charge >= 0.3 is 12.1 Å². The van der Waals surface area contributed by atoms with Crippen molar-refractivity contribution in [2.45, 2.75) is 18.9 Å². The summed E-state index contributed by atoms with van der Waals surface area (Å²) in [7, 11) is 0. The number of urea groups is 2.